The molecular formula is C15H28N4O. The van der Waals surface area contributed by atoms with Crippen molar-refractivity contribution in [2.24, 2.45) is 11.7 Å². The standard InChI is InChI=1S/C15H28N4O/c1-4-8-18-15(3,11-16)7-9-19-10-13(14(17)20)6-5-12(19)2/h12-13,18H,4-10H2,1-3H3,(H2,17,20). The number of primary amides is 1. The van der Waals surface area contributed by atoms with E-state index in [1.54, 1.807) is 0 Å². The molecule has 0 saturated carbocycles. The predicted molar refractivity (Wildman–Crippen MR) is 79.9 cm³/mol. The van der Waals surface area contributed by atoms with E-state index in [0.717, 1.165) is 45.3 Å². The minimum atomic E-state index is -0.491. The van der Waals surface area contributed by atoms with Gasteiger partial charge in [-0.2, -0.15) is 5.26 Å². The van der Waals surface area contributed by atoms with E-state index in [4.69, 9.17) is 5.73 Å². The lowest BCUT2D eigenvalue weighted by Crippen LogP contribution is -2.49. The molecule has 3 unspecified atom stereocenters. The van der Waals surface area contributed by atoms with Gasteiger partial charge in [0.05, 0.1) is 12.0 Å². The van der Waals surface area contributed by atoms with Crippen LogP contribution < -0.4 is 11.1 Å². The van der Waals surface area contributed by atoms with Crippen LogP contribution in [0.25, 0.3) is 0 Å². The van der Waals surface area contributed by atoms with E-state index in [2.05, 4.69) is 30.1 Å². The molecule has 0 bridgehead atoms. The van der Waals surface area contributed by atoms with Gasteiger partial charge < -0.3 is 5.73 Å². The maximum atomic E-state index is 11.3. The van der Waals surface area contributed by atoms with E-state index in [1.807, 2.05) is 6.92 Å². The van der Waals surface area contributed by atoms with Crippen LogP contribution in [-0.2, 0) is 4.79 Å². The van der Waals surface area contributed by atoms with Crippen LogP contribution in [0.5, 0.6) is 0 Å². The third-order valence-corrected chi connectivity index (χ3v) is 4.32. The van der Waals surface area contributed by atoms with Crippen molar-refractivity contribution in [2.75, 3.05) is 19.6 Å². The lowest BCUT2D eigenvalue weighted by Gasteiger charge is -2.38. The molecule has 20 heavy (non-hydrogen) atoms. The SMILES string of the molecule is CCCNC(C)(C#N)CCN1CC(C(N)=O)CCC1C. The Bertz CT molecular complexity index is 365. The van der Waals surface area contributed by atoms with Crippen LogP contribution >= 0.6 is 0 Å². The van der Waals surface area contributed by atoms with Crippen LogP contribution in [0.4, 0.5) is 0 Å². The highest BCUT2D eigenvalue weighted by atomic mass is 16.1. The lowest BCUT2D eigenvalue weighted by atomic mass is 9.91. The number of piperidine rings is 1. The summed E-state index contributed by atoms with van der Waals surface area (Å²) >= 11 is 0. The van der Waals surface area contributed by atoms with Crippen molar-refractivity contribution in [1.29, 1.82) is 5.26 Å². The first-order valence-corrected chi connectivity index (χ1v) is 7.61. The summed E-state index contributed by atoms with van der Waals surface area (Å²) in [5.74, 6) is -0.239. The molecule has 0 aromatic heterocycles. The van der Waals surface area contributed by atoms with Gasteiger partial charge in [-0.15, -0.1) is 0 Å². The Morgan fingerprint density at radius 2 is 2.25 bits per heavy atom. The van der Waals surface area contributed by atoms with E-state index >= 15 is 0 Å². The van der Waals surface area contributed by atoms with Gasteiger partial charge in [-0.25, -0.2) is 0 Å². The Morgan fingerprint density at radius 1 is 1.55 bits per heavy atom. The van der Waals surface area contributed by atoms with E-state index in [0.29, 0.717) is 6.04 Å². The Balaban J connectivity index is 2.53. The second-order valence-electron chi connectivity index (χ2n) is 6.14. The van der Waals surface area contributed by atoms with Gasteiger partial charge in [0.15, 0.2) is 0 Å². The van der Waals surface area contributed by atoms with Crippen LogP contribution in [0.15, 0.2) is 0 Å². The Morgan fingerprint density at radius 3 is 2.80 bits per heavy atom. The molecule has 0 spiro atoms. The summed E-state index contributed by atoms with van der Waals surface area (Å²) in [6.45, 7) is 8.62. The third-order valence-electron chi connectivity index (χ3n) is 4.32. The summed E-state index contributed by atoms with van der Waals surface area (Å²) in [5.41, 5.74) is 4.93. The van der Waals surface area contributed by atoms with Crippen molar-refractivity contribution >= 4 is 5.91 Å². The Labute approximate surface area is 122 Å². The highest BCUT2D eigenvalue weighted by Crippen LogP contribution is 2.23. The molecule has 1 rings (SSSR count). The summed E-state index contributed by atoms with van der Waals surface area (Å²) < 4.78 is 0. The minimum absolute atomic E-state index is 0.0388. The number of amides is 1. The number of nitrogens with zero attached hydrogens (tertiary/aromatic N) is 2. The summed E-state index contributed by atoms with van der Waals surface area (Å²) in [5, 5.41) is 12.6. The van der Waals surface area contributed by atoms with Gasteiger partial charge >= 0.3 is 0 Å². The fourth-order valence-corrected chi connectivity index (χ4v) is 2.68. The van der Waals surface area contributed by atoms with Crippen LogP contribution in [0, 0.1) is 17.2 Å². The number of rotatable bonds is 7. The molecule has 1 heterocycles. The molecule has 1 aliphatic heterocycles. The molecule has 0 aromatic rings. The van der Waals surface area contributed by atoms with Crippen molar-refractivity contribution in [2.45, 2.75) is 58.0 Å². The fraction of sp³-hybridized carbons (Fsp3) is 0.867. The van der Waals surface area contributed by atoms with Gasteiger partial charge in [0.1, 0.15) is 5.54 Å². The Hall–Kier alpha value is -1.12. The number of hydrogen-bond acceptors (Lipinski definition) is 4. The molecule has 5 heteroatoms. The number of carbonyl (C=O) groups is 1. The molecule has 114 valence electrons. The first-order valence-electron chi connectivity index (χ1n) is 7.61. The fourth-order valence-electron chi connectivity index (χ4n) is 2.68. The second kappa shape index (κ2) is 7.61. The minimum Gasteiger partial charge on any atom is -0.369 e. The van der Waals surface area contributed by atoms with E-state index < -0.39 is 5.54 Å². The van der Waals surface area contributed by atoms with Gasteiger partial charge in [0.2, 0.25) is 5.91 Å². The molecule has 1 amide bonds. The summed E-state index contributed by atoms with van der Waals surface area (Å²) in [7, 11) is 0. The highest BCUT2D eigenvalue weighted by molar-refractivity contribution is 5.76. The first kappa shape index (κ1) is 16.9. The van der Waals surface area contributed by atoms with Crippen molar-refractivity contribution in [3.63, 3.8) is 0 Å². The topological polar surface area (TPSA) is 82.2 Å². The smallest absolute Gasteiger partial charge is 0.221 e. The molecule has 1 fully saturated rings. The molecule has 3 atom stereocenters. The van der Waals surface area contributed by atoms with Gasteiger partial charge in [-0.3, -0.25) is 15.0 Å². The van der Waals surface area contributed by atoms with Crippen LogP contribution in [-0.4, -0.2) is 42.0 Å². The normalized spacial score (nSPS) is 26.7. The monoisotopic (exact) mass is 280 g/mol. The predicted octanol–water partition coefficient (Wildman–Crippen LogP) is 1.24. The summed E-state index contributed by atoms with van der Waals surface area (Å²) in [4.78, 5) is 13.6. The molecule has 5 nitrogen and oxygen atoms in total. The largest absolute Gasteiger partial charge is 0.369 e. The molecule has 3 N–H and O–H groups in total. The zero-order valence-electron chi connectivity index (χ0n) is 13.0. The number of likely N-dealkylation sites (tertiary alicyclic amines) is 1. The van der Waals surface area contributed by atoms with Crippen LogP contribution in [0.3, 0.4) is 0 Å². The third kappa shape index (κ3) is 4.77. The quantitative estimate of drug-likeness (QED) is 0.735. The number of nitrogens with two attached hydrogens (primary N) is 1. The van der Waals surface area contributed by atoms with Crippen molar-refractivity contribution in [3.05, 3.63) is 0 Å². The molecule has 0 aromatic carbocycles. The van der Waals surface area contributed by atoms with Crippen LogP contribution in [0.1, 0.15) is 46.5 Å². The first-order chi connectivity index (χ1) is 9.41. The number of carbonyl (C=O) groups excluding carboxylic acids is 1. The molecular weight excluding hydrogens is 252 g/mol. The average Bonchev–Trinajstić information content (AvgIpc) is 2.44. The van der Waals surface area contributed by atoms with E-state index in [-0.39, 0.29) is 11.8 Å². The van der Waals surface area contributed by atoms with Crippen molar-refractivity contribution in [1.82, 2.24) is 10.2 Å². The molecule has 1 aliphatic rings. The van der Waals surface area contributed by atoms with Gasteiger partial charge in [-0.1, -0.05) is 6.92 Å². The van der Waals surface area contributed by atoms with Gasteiger partial charge in [0.25, 0.3) is 0 Å². The zero-order chi connectivity index (χ0) is 15.2. The van der Waals surface area contributed by atoms with E-state index in [1.165, 1.54) is 0 Å². The molecule has 1 saturated heterocycles. The van der Waals surface area contributed by atoms with E-state index in [9.17, 15) is 10.1 Å². The maximum Gasteiger partial charge on any atom is 0.221 e. The number of nitriles is 1. The highest BCUT2D eigenvalue weighted by Gasteiger charge is 2.30. The number of hydrogen-bond donors (Lipinski definition) is 2. The number of nitrogens with one attached hydrogen (secondary N) is 1. The molecule has 0 radical (unpaired) electrons. The Kier molecular flexibility index (Phi) is 6.44. The van der Waals surface area contributed by atoms with Gasteiger partial charge in [-0.05, 0) is 46.1 Å². The van der Waals surface area contributed by atoms with Crippen LogP contribution in [0.2, 0.25) is 0 Å². The average molecular weight is 280 g/mol. The summed E-state index contributed by atoms with van der Waals surface area (Å²) in [6, 6.07) is 2.83. The zero-order valence-corrected chi connectivity index (χ0v) is 13.0. The maximum absolute atomic E-state index is 11.3. The summed E-state index contributed by atoms with van der Waals surface area (Å²) in [6.07, 6.45) is 3.66. The van der Waals surface area contributed by atoms with Crippen molar-refractivity contribution < 1.29 is 4.79 Å². The van der Waals surface area contributed by atoms with Crippen molar-refractivity contribution in [3.8, 4) is 6.07 Å². The lowest BCUT2D eigenvalue weighted by molar-refractivity contribution is -0.124. The molecule has 0 aliphatic carbocycles. The van der Waals surface area contributed by atoms with Gasteiger partial charge in [0, 0.05) is 19.1 Å². The second-order valence-corrected chi connectivity index (χ2v) is 6.14.